The average Bonchev–Trinajstić information content (AvgIpc) is 3.32. The molecule has 0 aliphatic carbocycles. The van der Waals surface area contributed by atoms with Gasteiger partial charge in [0.1, 0.15) is 5.78 Å². The molecule has 5 rings (SSSR count). The van der Waals surface area contributed by atoms with Gasteiger partial charge in [-0.2, -0.15) is 9.44 Å². The molecule has 0 amide bonds. The predicted octanol–water partition coefficient (Wildman–Crippen LogP) is 5.15. The van der Waals surface area contributed by atoms with Crippen molar-refractivity contribution in [3.63, 3.8) is 0 Å². The Bertz CT molecular complexity index is 1170. The average molecular weight is 418 g/mol. The van der Waals surface area contributed by atoms with E-state index in [4.69, 9.17) is 0 Å². The Morgan fingerprint density at radius 1 is 0.897 bits per heavy atom. The highest BCUT2D eigenvalue weighted by Gasteiger charge is 2.47. The van der Waals surface area contributed by atoms with Crippen LogP contribution in [-0.2, 0) is 10.3 Å². The number of hydrogen-bond acceptors (Lipinski definition) is 5. The monoisotopic (exact) mass is 418 g/mol. The van der Waals surface area contributed by atoms with Gasteiger partial charge in [-0.25, -0.2) is 0 Å². The van der Waals surface area contributed by atoms with Crippen LogP contribution in [0.3, 0.4) is 0 Å². The highest BCUT2D eigenvalue weighted by molar-refractivity contribution is 7.98. The van der Waals surface area contributed by atoms with Crippen LogP contribution in [0.1, 0.15) is 16.9 Å². The van der Waals surface area contributed by atoms with Crippen LogP contribution >= 0.6 is 19.1 Å². The maximum absolute atomic E-state index is 14.4. The summed E-state index contributed by atoms with van der Waals surface area (Å²) in [5.41, 5.74) is 2.17. The summed E-state index contributed by atoms with van der Waals surface area (Å²) < 4.78 is 16.1. The fraction of sp³-hybridized carbons (Fsp3) is 0.0909. The van der Waals surface area contributed by atoms with Gasteiger partial charge in [-0.15, -0.1) is 5.10 Å². The molecule has 1 N–H and O–H groups in total. The summed E-state index contributed by atoms with van der Waals surface area (Å²) in [6, 6.07) is 29.6. The highest BCUT2D eigenvalue weighted by Crippen LogP contribution is 2.63. The molecule has 1 aliphatic heterocycles. The first-order valence-electron chi connectivity index (χ1n) is 9.36. The minimum Gasteiger partial charge on any atom is -0.338 e. The lowest BCUT2D eigenvalue weighted by Crippen LogP contribution is -2.16. The number of nitrogens with one attached hydrogen (secondary N) is 1. The van der Waals surface area contributed by atoms with Crippen molar-refractivity contribution in [2.45, 2.75) is 16.7 Å². The van der Waals surface area contributed by atoms with Crippen LogP contribution < -0.4 is 10.6 Å². The Kier molecular flexibility index (Phi) is 4.74. The fourth-order valence-corrected chi connectivity index (χ4v) is 7.15. The lowest BCUT2D eigenvalue weighted by Gasteiger charge is -2.21. The minimum atomic E-state index is -3.10. The SMILES string of the molecule is O=P1(c2ccccc2)C(c2ccccc2)Nc2nc(SCc3ccccc3)nn21. The lowest BCUT2D eigenvalue weighted by atomic mass is 10.2. The molecule has 0 saturated heterocycles. The number of rotatable bonds is 5. The number of hydrogen-bond donors (Lipinski definition) is 1. The van der Waals surface area contributed by atoms with Gasteiger partial charge in [0, 0.05) is 11.1 Å². The second-order valence-electron chi connectivity index (χ2n) is 6.80. The van der Waals surface area contributed by atoms with Crippen LogP contribution in [0.5, 0.6) is 0 Å². The van der Waals surface area contributed by atoms with Gasteiger partial charge in [0.2, 0.25) is 18.4 Å². The van der Waals surface area contributed by atoms with E-state index in [-0.39, 0.29) is 5.78 Å². The van der Waals surface area contributed by atoms with Crippen molar-refractivity contribution >= 4 is 30.3 Å². The van der Waals surface area contributed by atoms with Crippen molar-refractivity contribution in [1.29, 1.82) is 0 Å². The molecular formula is C22H19N4OPS. The van der Waals surface area contributed by atoms with Crippen molar-refractivity contribution < 1.29 is 4.57 Å². The van der Waals surface area contributed by atoms with E-state index >= 15 is 0 Å². The van der Waals surface area contributed by atoms with Gasteiger partial charge in [-0.05, 0) is 23.3 Å². The topological polar surface area (TPSA) is 59.8 Å². The lowest BCUT2D eigenvalue weighted by molar-refractivity contribution is 0.568. The molecule has 5 nitrogen and oxygen atoms in total. The van der Waals surface area contributed by atoms with E-state index in [0.29, 0.717) is 11.1 Å². The van der Waals surface area contributed by atoms with Crippen molar-refractivity contribution in [2.24, 2.45) is 0 Å². The van der Waals surface area contributed by atoms with Crippen LogP contribution in [-0.4, -0.2) is 14.5 Å². The number of aromatic nitrogens is 3. The second kappa shape index (κ2) is 7.54. The van der Waals surface area contributed by atoms with Crippen LogP contribution in [0.2, 0.25) is 0 Å². The van der Waals surface area contributed by atoms with Crippen LogP contribution in [0.25, 0.3) is 0 Å². The van der Waals surface area contributed by atoms with Gasteiger partial charge in [0.15, 0.2) is 0 Å². The van der Waals surface area contributed by atoms with Gasteiger partial charge < -0.3 is 5.32 Å². The van der Waals surface area contributed by atoms with Crippen LogP contribution in [0.4, 0.5) is 5.95 Å². The maximum Gasteiger partial charge on any atom is 0.248 e. The van der Waals surface area contributed by atoms with Crippen molar-refractivity contribution in [1.82, 2.24) is 14.5 Å². The van der Waals surface area contributed by atoms with Gasteiger partial charge >= 0.3 is 0 Å². The molecule has 0 spiro atoms. The van der Waals surface area contributed by atoms with Gasteiger partial charge in [-0.1, -0.05) is 90.6 Å². The third-order valence-corrected chi connectivity index (χ3v) is 8.84. The van der Waals surface area contributed by atoms with E-state index in [1.807, 2.05) is 78.9 Å². The Morgan fingerprint density at radius 3 is 2.21 bits per heavy atom. The number of thioether (sulfide) groups is 1. The molecule has 2 heterocycles. The van der Waals surface area contributed by atoms with E-state index in [2.05, 4.69) is 27.5 Å². The van der Waals surface area contributed by atoms with Crippen molar-refractivity contribution in [3.05, 3.63) is 102 Å². The molecular weight excluding hydrogens is 399 g/mol. The number of nitrogens with zero attached hydrogens (tertiary/aromatic N) is 3. The molecule has 7 heteroatoms. The first kappa shape index (κ1) is 18.2. The summed E-state index contributed by atoms with van der Waals surface area (Å²) in [7, 11) is -3.10. The summed E-state index contributed by atoms with van der Waals surface area (Å²) in [6.07, 6.45) is 0. The maximum atomic E-state index is 14.4. The third-order valence-electron chi connectivity index (χ3n) is 4.92. The van der Waals surface area contributed by atoms with Crippen LogP contribution in [0, 0.1) is 0 Å². The second-order valence-corrected chi connectivity index (χ2v) is 10.4. The minimum absolute atomic E-state index is 0.380. The Morgan fingerprint density at radius 2 is 1.52 bits per heavy atom. The van der Waals surface area contributed by atoms with E-state index in [1.165, 1.54) is 5.56 Å². The Balaban J connectivity index is 1.52. The molecule has 2 atom stereocenters. The van der Waals surface area contributed by atoms with Crippen LogP contribution in [0.15, 0.2) is 96.2 Å². The molecule has 29 heavy (non-hydrogen) atoms. The Hall–Kier alpha value is -2.82. The summed E-state index contributed by atoms with van der Waals surface area (Å²) in [6.45, 7) is 0. The molecule has 0 bridgehead atoms. The van der Waals surface area contributed by atoms with E-state index < -0.39 is 7.29 Å². The fourth-order valence-electron chi connectivity index (χ4n) is 3.51. The molecule has 0 radical (unpaired) electrons. The normalized spacial score (nSPS) is 20.2. The molecule has 1 aromatic heterocycles. The molecule has 0 saturated carbocycles. The molecule has 4 aromatic rings. The number of benzene rings is 3. The third kappa shape index (κ3) is 3.28. The van der Waals surface area contributed by atoms with Gasteiger partial charge in [0.05, 0.1) is 0 Å². The van der Waals surface area contributed by atoms with Gasteiger partial charge in [0.25, 0.3) is 0 Å². The van der Waals surface area contributed by atoms with Crippen molar-refractivity contribution in [2.75, 3.05) is 5.32 Å². The molecule has 0 fully saturated rings. The largest absolute Gasteiger partial charge is 0.338 e. The molecule has 2 unspecified atom stereocenters. The zero-order valence-electron chi connectivity index (χ0n) is 15.6. The standard InChI is InChI=1S/C22H19N4OPS/c27-28(19-14-8-3-9-15-19)20(18-12-6-2-7-13-18)23-21-24-22(25-26(21)28)29-16-17-10-4-1-5-11-17/h1-15,20H,16H2,(H,23,24,25). The van der Waals surface area contributed by atoms with E-state index in [9.17, 15) is 4.57 Å². The zero-order valence-corrected chi connectivity index (χ0v) is 17.3. The highest BCUT2D eigenvalue weighted by atomic mass is 32.2. The van der Waals surface area contributed by atoms with Crippen molar-refractivity contribution in [3.8, 4) is 0 Å². The first-order valence-corrected chi connectivity index (χ1v) is 12.1. The van der Waals surface area contributed by atoms with Gasteiger partial charge in [-0.3, -0.25) is 4.57 Å². The Labute approximate surface area is 173 Å². The first-order chi connectivity index (χ1) is 14.2. The van der Waals surface area contributed by atoms with E-state index in [0.717, 1.165) is 16.6 Å². The summed E-state index contributed by atoms with van der Waals surface area (Å²) in [5, 5.41) is 9.42. The molecule has 1 aliphatic rings. The smallest absolute Gasteiger partial charge is 0.248 e. The summed E-state index contributed by atoms with van der Waals surface area (Å²) >= 11 is 1.55. The number of fused-ring (bicyclic) bond motifs is 1. The number of anilines is 1. The zero-order chi connectivity index (χ0) is 19.7. The van der Waals surface area contributed by atoms with E-state index in [1.54, 1.807) is 16.2 Å². The summed E-state index contributed by atoms with van der Waals surface area (Å²) in [4.78, 5) is 4.63. The molecule has 144 valence electrons. The molecule has 3 aromatic carbocycles. The quantitative estimate of drug-likeness (QED) is 0.359. The predicted molar refractivity (Wildman–Crippen MR) is 118 cm³/mol. The summed E-state index contributed by atoms with van der Waals surface area (Å²) in [5.74, 6) is 0.943.